The molecule has 2 atom stereocenters. The summed E-state index contributed by atoms with van der Waals surface area (Å²) in [5.41, 5.74) is 1.13. The molecule has 0 heterocycles. The van der Waals surface area contributed by atoms with Gasteiger partial charge in [0.25, 0.3) is 0 Å². The summed E-state index contributed by atoms with van der Waals surface area (Å²) in [5, 5.41) is 0. The number of carbonyl (C=O) groups is 1. The Hall–Kier alpha value is -0.590. The Labute approximate surface area is 54.8 Å². The van der Waals surface area contributed by atoms with Crippen LogP contribution in [0.15, 0.2) is 11.6 Å². The summed E-state index contributed by atoms with van der Waals surface area (Å²) in [6.45, 7) is 2.04. The van der Waals surface area contributed by atoms with Crippen LogP contribution in [0.1, 0.15) is 19.8 Å². The molecule has 48 valence electrons. The van der Waals surface area contributed by atoms with Gasteiger partial charge in [-0.25, -0.2) is 0 Å². The summed E-state index contributed by atoms with van der Waals surface area (Å²) < 4.78 is 0. The van der Waals surface area contributed by atoms with E-state index in [0.29, 0.717) is 17.6 Å². The highest BCUT2D eigenvalue weighted by Crippen LogP contribution is 2.43. The van der Waals surface area contributed by atoms with Crippen molar-refractivity contribution in [2.75, 3.05) is 0 Å². The molecule has 0 radical (unpaired) electrons. The molecular weight excluding hydrogens is 112 g/mol. The molecule has 0 amide bonds. The smallest absolute Gasteiger partial charge is 0.162 e. The average molecular weight is 122 g/mol. The summed E-state index contributed by atoms with van der Waals surface area (Å²) >= 11 is 0. The molecule has 0 saturated heterocycles. The number of hydrogen-bond acceptors (Lipinski definition) is 1. The Kier molecular flexibility index (Phi) is 0.850. The van der Waals surface area contributed by atoms with Crippen LogP contribution in [0, 0.1) is 11.8 Å². The van der Waals surface area contributed by atoms with Crippen molar-refractivity contribution in [3.8, 4) is 0 Å². The van der Waals surface area contributed by atoms with Gasteiger partial charge >= 0.3 is 0 Å². The predicted molar refractivity (Wildman–Crippen MR) is 35.0 cm³/mol. The van der Waals surface area contributed by atoms with Gasteiger partial charge in [0.2, 0.25) is 0 Å². The molecule has 0 spiro atoms. The molecule has 0 aromatic heterocycles. The second-order valence-electron chi connectivity index (χ2n) is 3.00. The van der Waals surface area contributed by atoms with Crippen molar-refractivity contribution in [1.29, 1.82) is 0 Å². The Morgan fingerprint density at radius 1 is 1.67 bits per heavy atom. The number of Topliss-reactive ketones (excluding diaryl/α,β-unsaturated/α-hetero) is 1. The van der Waals surface area contributed by atoms with Gasteiger partial charge in [0.05, 0.1) is 0 Å². The molecule has 1 heteroatoms. The van der Waals surface area contributed by atoms with E-state index in [1.807, 2.05) is 6.92 Å². The van der Waals surface area contributed by atoms with Crippen LogP contribution in [0.25, 0.3) is 0 Å². The largest absolute Gasteiger partial charge is 0.294 e. The van der Waals surface area contributed by atoms with E-state index in [4.69, 9.17) is 0 Å². The van der Waals surface area contributed by atoms with Crippen LogP contribution in [0.2, 0.25) is 0 Å². The third kappa shape index (κ3) is 0.473. The lowest BCUT2D eigenvalue weighted by Crippen LogP contribution is -2.35. The van der Waals surface area contributed by atoms with Gasteiger partial charge in [-0.3, -0.25) is 4.79 Å². The minimum Gasteiger partial charge on any atom is -0.294 e. The molecule has 2 rings (SSSR count). The quantitative estimate of drug-likeness (QED) is 0.476. The average Bonchev–Trinajstić information content (AvgIpc) is 2.30. The molecule has 0 aromatic rings. The standard InChI is InChI=1S/C8H10O/c1-5-6-3-2-4-7(6)8(5)9/h4-6H,2-3H2,1H3/t5?,6-/m1/s1. The number of rotatable bonds is 0. The van der Waals surface area contributed by atoms with Crippen LogP contribution in [0.4, 0.5) is 0 Å². The number of carbonyl (C=O) groups excluding carboxylic acids is 1. The van der Waals surface area contributed by atoms with Crippen molar-refractivity contribution in [3.63, 3.8) is 0 Å². The zero-order chi connectivity index (χ0) is 6.43. The van der Waals surface area contributed by atoms with Crippen molar-refractivity contribution in [2.45, 2.75) is 19.8 Å². The van der Waals surface area contributed by atoms with E-state index < -0.39 is 0 Å². The van der Waals surface area contributed by atoms with E-state index in [0.717, 1.165) is 12.0 Å². The van der Waals surface area contributed by atoms with E-state index in [-0.39, 0.29) is 0 Å². The highest BCUT2D eigenvalue weighted by atomic mass is 16.1. The summed E-state index contributed by atoms with van der Waals surface area (Å²) in [4.78, 5) is 11.0. The fraction of sp³-hybridized carbons (Fsp3) is 0.625. The summed E-state index contributed by atoms with van der Waals surface area (Å²) in [7, 11) is 0. The molecule has 1 saturated carbocycles. The Bertz CT molecular complexity index is 191. The van der Waals surface area contributed by atoms with Gasteiger partial charge in [0.15, 0.2) is 5.78 Å². The summed E-state index contributed by atoms with van der Waals surface area (Å²) in [6, 6.07) is 0. The lowest BCUT2D eigenvalue weighted by Gasteiger charge is -2.31. The van der Waals surface area contributed by atoms with Crippen LogP contribution < -0.4 is 0 Å². The Balaban J connectivity index is 2.28. The first-order valence-corrected chi connectivity index (χ1v) is 3.55. The van der Waals surface area contributed by atoms with Crippen LogP contribution in [-0.2, 0) is 4.79 Å². The number of fused-ring (bicyclic) bond motifs is 1. The maximum atomic E-state index is 11.0. The first-order valence-electron chi connectivity index (χ1n) is 3.55. The molecule has 0 N–H and O–H groups in total. The van der Waals surface area contributed by atoms with Gasteiger partial charge in [-0.2, -0.15) is 0 Å². The first-order chi connectivity index (χ1) is 4.30. The van der Waals surface area contributed by atoms with Gasteiger partial charge in [-0.1, -0.05) is 13.0 Å². The molecule has 0 bridgehead atoms. The fourth-order valence-electron chi connectivity index (χ4n) is 1.88. The third-order valence-electron chi connectivity index (χ3n) is 2.54. The monoisotopic (exact) mass is 122 g/mol. The fourth-order valence-corrected chi connectivity index (χ4v) is 1.88. The van der Waals surface area contributed by atoms with Crippen LogP contribution in [0.5, 0.6) is 0 Å². The van der Waals surface area contributed by atoms with E-state index in [1.54, 1.807) is 0 Å². The molecule has 0 aliphatic heterocycles. The Morgan fingerprint density at radius 3 is 3.11 bits per heavy atom. The number of ketones is 1. The first kappa shape index (κ1) is 5.21. The molecule has 1 nitrogen and oxygen atoms in total. The van der Waals surface area contributed by atoms with Crippen LogP contribution in [-0.4, -0.2) is 5.78 Å². The van der Waals surface area contributed by atoms with E-state index in [2.05, 4.69) is 6.08 Å². The minimum absolute atomic E-state index is 0.346. The molecule has 2 aliphatic carbocycles. The van der Waals surface area contributed by atoms with Gasteiger partial charge in [-0.15, -0.1) is 0 Å². The van der Waals surface area contributed by atoms with Gasteiger partial charge < -0.3 is 0 Å². The molecule has 2 aliphatic rings. The lowest BCUT2D eigenvalue weighted by molar-refractivity contribution is -0.125. The van der Waals surface area contributed by atoms with Gasteiger partial charge in [-0.05, 0) is 24.3 Å². The second-order valence-corrected chi connectivity index (χ2v) is 3.00. The number of allylic oxidation sites excluding steroid dienone is 2. The predicted octanol–water partition coefficient (Wildman–Crippen LogP) is 1.54. The summed E-state index contributed by atoms with van der Waals surface area (Å²) in [5.74, 6) is 1.40. The van der Waals surface area contributed by atoms with E-state index >= 15 is 0 Å². The van der Waals surface area contributed by atoms with Gasteiger partial charge in [0.1, 0.15) is 0 Å². The van der Waals surface area contributed by atoms with Crippen molar-refractivity contribution in [3.05, 3.63) is 11.6 Å². The van der Waals surface area contributed by atoms with Crippen LogP contribution >= 0.6 is 0 Å². The summed E-state index contributed by atoms with van der Waals surface area (Å²) in [6.07, 6.45) is 4.46. The molecule has 9 heavy (non-hydrogen) atoms. The van der Waals surface area contributed by atoms with Gasteiger partial charge in [0, 0.05) is 5.92 Å². The molecule has 0 aromatic carbocycles. The maximum absolute atomic E-state index is 11.0. The van der Waals surface area contributed by atoms with E-state index in [1.165, 1.54) is 6.42 Å². The molecular formula is C8H10O. The lowest BCUT2D eigenvalue weighted by atomic mass is 9.71. The highest BCUT2D eigenvalue weighted by molar-refractivity contribution is 6.05. The zero-order valence-electron chi connectivity index (χ0n) is 5.55. The van der Waals surface area contributed by atoms with Crippen molar-refractivity contribution in [2.24, 2.45) is 11.8 Å². The van der Waals surface area contributed by atoms with E-state index in [9.17, 15) is 4.79 Å². The van der Waals surface area contributed by atoms with Crippen LogP contribution in [0.3, 0.4) is 0 Å². The Morgan fingerprint density at radius 2 is 2.44 bits per heavy atom. The topological polar surface area (TPSA) is 17.1 Å². The van der Waals surface area contributed by atoms with Crippen molar-refractivity contribution >= 4 is 5.78 Å². The van der Waals surface area contributed by atoms with Crippen molar-refractivity contribution in [1.82, 2.24) is 0 Å². The molecule has 1 fully saturated rings. The van der Waals surface area contributed by atoms with Crippen molar-refractivity contribution < 1.29 is 4.79 Å². The number of hydrogen-bond donors (Lipinski definition) is 0. The highest BCUT2D eigenvalue weighted by Gasteiger charge is 2.42. The zero-order valence-corrected chi connectivity index (χ0v) is 5.55. The third-order valence-corrected chi connectivity index (χ3v) is 2.54. The SMILES string of the molecule is CC1C(=O)C2=CCC[C@@H]21. The minimum atomic E-state index is 0.346. The maximum Gasteiger partial charge on any atom is 0.162 e. The molecule has 1 unspecified atom stereocenters. The second kappa shape index (κ2) is 1.47. The normalized spacial score (nSPS) is 39.7.